The molecule has 0 amide bonds. The van der Waals surface area contributed by atoms with E-state index in [0.29, 0.717) is 12.4 Å². The van der Waals surface area contributed by atoms with E-state index in [1.807, 2.05) is 50.2 Å². The molecular formula is C15H16O2. The lowest BCUT2D eigenvalue weighted by Gasteiger charge is -2.11. The molecule has 2 heteroatoms. The minimum atomic E-state index is 0.314. The van der Waals surface area contributed by atoms with Crippen LogP contribution >= 0.6 is 0 Å². The summed E-state index contributed by atoms with van der Waals surface area (Å²) in [6, 6.07) is 13.6. The molecular weight excluding hydrogens is 212 g/mol. The van der Waals surface area contributed by atoms with Crippen molar-refractivity contribution in [1.29, 1.82) is 0 Å². The first-order valence-corrected chi connectivity index (χ1v) is 5.64. The van der Waals surface area contributed by atoms with Crippen LogP contribution in [0.5, 0.6) is 11.5 Å². The van der Waals surface area contributed by atoms with Gasteiger partial charge >= 0.3 is 0 Å². The highest BCUT2D eigenvalue weighted by Gasteiger charge is 2.04. The highest BCUT2D eigenvalue weighted by Crippen LogP contribution is 2.27. The van der Waals surface area contributed by atoms with Gasteiger partial charge in [-0.25, -0.2) is 0 Å². The summed E-state index contributed by atoms with van der Waals surface area (Å²) in [6.45, 7) is 4.34. The molecule has 0 aliphatic rings. The zero-order chi connectivity index (χ0) is 12.3. The van der Waals surface area contributed by atoms with E-state index < -0.39 is 0 Å². The summed E-state index contributed by atoms with van der Waals surface area (Å²) in [7, 11) is 0. The number of benzene rings is 2. The van der Waals surface area contributed by atoms with E-state index in [0.717, 1.165) is 22.4 Å². The van der Waals surface area contributed by atoms with Crippen LogP contribution in [0.15, 0.2) is 42.5 Å². The number of hydrogen-bond acceptors (Lipinski definition) is 2. The molecule has 0 aromatic heterocycles. The SMILES string of the molecule is Cc1cc(OCc2ccccc2)c(C)cc1O. The third kappa shape index (κ3) is 2.78. The summed E-state index contributed by atoms with van der Waals surface area (Å²) in [5.74, 6) is 1.14. The molecule has 0 fully saturated rings. The maximum atomic E-state index is 9.55. The van der Waals surface area contributed by atoms with Gasteiger partial charge in [0, 0.05) is 0 Å². The zero-order valence-corrected chi connectivity index (χ0v) is 10.1. The molecule has 0 saturated carbocycles. The van der Waals surface area contributed by atoms with Crippen LogP contribution in [0.4, 0.5) is 0 Å². The number of aromatic hydroxyl groups is 1. The first-order valence-electron chi connectivity index (χ1n) is 5.64. The Bertz CT molecular complexity index is 504. The predicted octanol–water partition coefficient (Wildman–Crippen LogP) is 3.59. The second kappa shape index (κ2) is 4.91. The molecule has 2 aromatic rings. The smallest absolute Gasteiger partial charge is 0.123 e. The maximum Gasteiger partial charge on any atom is 0.123 e. The first-order chi connectivity index (χ1) is 8.16. The summed E-state index contributed by atoms with van der Waals surface area (Å²) in [4.78, 5) is 0. The molecule has 2 aromatic carbocycles. The van der Waals surface area contributed by atoms with Crippen LogP contribution in [-0.2, 0) is 6.61 Å². The van der Waals surface area contributed by atoms with Crippen molar-refractivity contribution in [1.82, 2.24) is 0 Å². The molecule has 0 aliphatic carbocycles. The van der Waals surface area contributed by atoms with E-state index in [9.17, 15) is 5.11 Å². The molecule has 2 rings (SSSR count). The van der Waals surface area contributed by atoms with Crippen LogP contribution in [-0.4, -0.2) is 5.11 Å². The molecule has 17 heavy (non-hydrogen) atoms. The second-order valence-electron chi connectivity index (χ2n) is 4.18. The van der Waals surface area contributed by atoms with Gasteiger partial charge in [-0.3, -0.25) is 0 Å². The van der Waals surface area contributed by atoms with Crippen molar-refractivity contribution in [2.75, 3.05) is 0 Å². The van der Waals surface area contributed by atoms with Gasteiger partial charge in [-0.05, 0) is 42.7 Å². The Morgan fingerprint density at radius 2 is 1.71 bits per heavy atom. The Labute approximate surface area is 101 Å². The van der Waals surface area contributed by atoms with Crippen LogP contribution in [0, 0.1) is 13.8 Å². The summed E-state index contributed by atoms with van der Waals surface area (Å²) in [5, 5.41) is 9.55. The summed E-state index contributed by atoms with van der Waals surface area (Å²) in [5.41, 5.74) is 2.92. The molecule has 0 atom stereocenters. The van der Waals surface area contributed by atoms with Crippen molar-refractivity contribution in [3.05, 3.63) is 59.2 Å². The van der Waals surface area contributed by atoms with Crippen molar-refractivity contribution in [2.24, 2.45) is 0 Å². The number of phenolic OH excluding ortho intramolecular Hbond substituents is 1. The highest BCUT2D eigenvalue weighted by atomic mass is 16.5. The quantitative estimate of drug-likeness (QED) is 0.870. The number of hydrogen-bond donors (Lipinski definition) is 1. The number of rotatable bonds is 3. The van der Waals surface area contributed by atoms with Crippen LogP contribution < -0.4 is 4.74 Å². The van der Waals surface area contributed by atoms with Crippen molar-refractivity contribution < 1.29 is 9.84 Å². The fraction of sp³-hybridized carbons (Fsp3) is 0.200. The molecule has 0 saturated heterocycles. The third-order valence-corrected chi connectivity index (χ3v) is 2.73. The molecule has 0 radical (unpaired) electrons. The second-order valence-corrected chi connectivity index (χ2v) is 4.18. The third-order valence-electron chi connectivity index (χ3n) is 2.73. The Hall–Kier alpha value is -1.96. The minimum Gasteiger partial charge on any atom is -0.508 e. The molecule has 88 valence electrons. The van der Waals surface area contributed by atoms with E-state index in [2.05, 4.69) is 0 Å². The van der Waals surface area contributed by atoms with Gasteiger partial charge in [0.15, 0.2) is 0 Å². The Morgan fingerprint density at radius 1 is 1.00 bits per heavy atom. The Morgan fingerprint density at radius 3 is 2.41 bits per heavy atom. The molecule has 2 nitrogen and oxygen atoms in total. The Balaban J connectivity index is 2.12. The van der Waals surface area contributed by atoms with E-state index in [4.69, 9.17) is 4.74 Å². The lowest BCUT2D eigenvalue weighted by Crippen LogP contribution is -1.97. The van der Waals surface area contributed by atoms with E-state index in [1.54, 1.807) is 6.07 Å². The lowest BCUT2D eigenvalue weighted by atomic mass is 10.1. The predicted molar refractivity (Wildman–Crippen MR) is 68.4 cm³/mol. The normalized spacial score (nSPS) is 10.2. The maximum absolute atomic E-state index is 9.55. The van der Waals surface area contributed by atoms with Crippen LogP contribution in [0.3, 0.4) is 0 Å². The van der Waals surface area contributed by atoms with Gasteiger partial charge in [-0.2, -0.15) is 0 Å². The van der Waals surface area contributed by atoms with Crippen LogP contribution in [0.2, 0.25) is 0 Å². The van der Waals surface area contributed by atoms with Gasteiger partial charge in [0.2, 0.25) is 0 Å². The fourth-order valence-corrected chi connectivity index (χ4v) is 1.67. The van der Waals surface area contributed by atoms with Crippen molar-refractivity contribution in [3.63, 3.8) is 0 Å². The summed E-state index contributed by atoms with van der Waals surface area (Å²) in [6.07, 6.45) is 0. The van der Waals surface area contributed by atoms with Crippen molar-refractivity contribution >= 4 is 0 Å². The van der Waals surface area contributed by atoms with Gasteiger partial charge in [0.05, 0.1) is 0 Å². The summed E-state index contributed by atoms with van der Waals surface area (Å²) >= 11 is 0. The average Bonchev–Trinajstić information content (AvgIpc) is 2.33. The number of phenols is 1. The van der Waals surface area contributed by atoms with Crippen LogP contribution in [0.25, 0.3) is 0 Å². The molecule has 1 N–H and O–H groups in total. The largest absolute Gasteiger partial charge is 0.508 e. The average molecular weight is 228 g/mol. The van der Waals surface area contributed by atoms with Crippen molar-refractivity contribution in [3.8, 4) is 11.5 Å². The van der Waals surface area contributed by atoms with Crippen molar-refractivity contribution in [2.45, 2.75) is 20.5 Å². The highest BCUT2D eigenvalue weighted by molar-refractivity contribution is 5.44. The minimum absolute atomic E-state index is 0.314. The summed E-state index contributed by atoms with van der Waals surface area (Å²) < 4.78 is 5.75. The van der Waals surface area contributed by atoms with Gasteiger partial charge in [0.25, 0.3) is 0 Å². The van der Waals surface area contributed by atoms with E-state index in [1.165, 1.54) is 0 Å². The van der Waals surface area contributed by atoms with Gasteiger partial charge in [-0.1, -0.05) is 30.3 Å². The topological polar surface area (TPSA) is 29.5 Å². The molecule has 0 heterocycles. The first kappa shape index (κ1) is 11.5. The van der Waals surface area contributed by atoms with Gasteiger partial charge in [-0.15, -0.1) is 0 Å². The monoisotopic (exact) mass is 228 g/mol. The molecule has 0 spiro atoms. The standard InChI is InChI=1S/C15H16O2/c1-11-9-15(12(2)8-14(11)16)17-10-13-6-4-3-5-7-13/h3-9,16H,10H2,1-2H3. The van der Waals surface area contributed by atoms with Gasteiger partial charge < -0.3 is 9.84 Å². The fourth-order valence-electron chi connectivity index (χ4n) is 1.67. The van der Waals surface area contributed by atoms with E-state index in [-0.39, 0.29) is 0 Å². The van der Waals surface area contributed by atoms with Gasteiger partial charge in [0.1, 0.15) is 18.1 Å². The zero-order valence-electron chi connectivity index (χ0n) is 10.1. The van der Waals surface area contributed by atoms with E-state index >= 15 is 0 Å². The lowest BCUT2D eigenvalue weighted by molar-refractivity contribution is 0.303. The number of ether oxygens (including phenoxy) is 1. The molecule has 0 unspecified atom stereocenters. The van der Waals surface area contributed by atoms with Crippen LogP contribution in [0.1, 0.15) is 16.7 Å². The number of aryl methyl sites for hydroxylation is 2. The molecule has 0 aliphatic heterocycles. The molecule has 0 bridgehead atoms. The Kier molecular flexibility index (Phi) is 3.33.